The summed E-state index contributed by atoms with van der Waals surface area (Å²) in [6, 6.07) is 2.05. The second kappa shape index (κ2) is 5.67. The average molecular weight is 280 g/mol. The molecule has 1 aromatic carbocycles. The van der Waals surface area contributed by atoms with Crippen LogP contribution < -0.4 is 11.1 Å². The van der Waals surface area contributed by atoms with Crippen molar-refractivity contribution in [2.75, 3.05) is 0 Å². The third-order valence-corrected chi connectivity index (χ3v) is 3.17. The zero-order chi connectivity index (χ0) is 13.2. The van der Waals surface area contributed by atoms with Crippen LogP contribution in [0.25, 0.3) is 0 Å². The van der Waals surface area contributed by atoms with Crippen molar-refractivity contribution in [2.45, 2.75) is 25.9 Å². The van der Waals surface area contributed by atoms with Crippen molar-refractivity contribution in [3.63, 3.8) is 0 Å². The quantitative estimate of drug-likeness (QED) is 0.809. The van der Waals surface area contributed by atoms with Crippen molar-refractivity contribution >= 4 is 29.1 Å². The summed E-state index contributed by atoms with van der Waals surface area (Å²) in [4.78, 5) is 10.9. The first-order chi connectivity index (χ1) is 7.82. The van der Waals surface area contributed by atoms with Gasteiger partial charge >= 0.3 is 0 Å². The molecule has 0 saturated heterocycles. The second-order valence-corrected chi connectivity index (χ2v) is 4.77. The van der Waals surface area contributed by atoms with Gasteiger partial charge in [-0.2, -0.15) is 0 Å². The lowest BCUT2D eigenvalue weighted by molar-refractivity contribution is -0.710. The summed E-state index contributed by atoms with van der Waals surface area (Å²) in [5, 5.41) is 2.07. The summed E-state index contributed by atoms with van der Waals surface area (Å²) in [7, 11) is 0. The maximum absolute atomic E-state index is 13.3. The average Bonchev–Trinajstić information content (AvgIpc) is 2.22. The van der Waals surface area contributed by atoms with Crippen LogP contribution in [0.1, 0.15) is 25.5 Å². The van der Waals surface area contributed by atoms with Crippen molar-refractivity contribution < 1.29 is 14.5 Å². The van der Waals surface area contributed by atoms with Crippen LogP contribution in [0.15, 0.2) is 12.1 Å². The fraction of sp³-hybridized carbons (Fsp3) is 0.364. The minimum absolute atomic E-state index is 0.0195. The van der Waals surface area contributed by atoms with Crippen LogP contribution in [0.5, 0.6) is 0 Å². The number of amides is 1. The Morgan fingerprint density at radius 2 is 1.94 bits per heavy atom. The number of hydrogen-bond donors (Lipinski definition) is 2. The lowest BCUT2D eigenvalue weighted by Gasteiger charge is -2.16. The standard InChI is InChI=1S/C11H13Cl2FN2O/c1-5(16-6(2)11(15)17)7-3-10(14)9(13)4-8(7)12/h3-6,16H,1-2H3,(H2,15,17)/p+1/t5-,6+/m0/s1. The molecule has 2 atom stereocenters. The van der Waals surface area contributed by atoms with Crippen molar-refractivity contribution in [1.82, 2.24) is 0 Å². The van der Waals surface area contributed by atoms with E-state index in [2.05, 4.69) is 0 Å². The van der Waals surface area contributed by atoms with Crippen LogP contribution in [0.3, 0.4) is 0 Å². The van der Waals surface area contributed by atoms with Crippen LogP contribution >= 0.6 is 23.2 Å². The van der Waals surface area contributed by atoms with E-state index in [0.29, 0.717) is 10.6 Å². The largest absolute Gasteiger partial charge is 0.365 e. The van der Waals surface area contributed by atoms with Crippen LogP contribution in [-0.4, -0.2) is 11.9 Å². The van der Waals surface area contributed by atoms with Crippen molar-refractivity contribution in [3.8, 4) is 0 Å². The van der Waals surface area contributed by atoms with Crippen LogP contribution in [0.4, 0.5) is 4.39 Å². The fourth-order valence-electron chi connectivity index (χ4n) is 1.52. The topological polar surface area (TPSA) is 59.7 Å². The predicted octanol–water partition coefficient (Wildman–Crippen LogP) is 1.63. The molecule has 3 nitrogen and oxygen atoms in total. The van der Waals surface area contributed by atoms with Crippen LogP contribution in [0, 0.1) is 5.82 Å². The normalized spacial score (nSPS) is 14.4. The Labute approximate surface area is 109 Å². The highest BCUT2D eigenvalue weighted by Crippen LogP contribution is 2.27. The summed E-state index contributed by atoms with van der Waals surface area (Å²) in [6.45, 7) is 3.49. The van der Waals surface area contributed by atoms with Gasteiger partial charge in [-0.05, 0) is 26.0 Å². The molecule has 0 spiro atoms. The minimum atomic E-state index is -0.530. The molecule has 0 saturated carbocycles. The van der Waals surface area contributed by atoms with Gasteiger partial charge in [0.15, 0.2) is 6.04 Å². The van der Waals surface area contributed by atoms with E-state index < -0.39 is 17.8 Å². The fourth-order valence-corrected chi connectivity index (χ4v) is 2.07. The highest BCUT2D eigenvalue weighted by molar-refractivity contribution is 6.35. The molecule has 0 aliphatic rings. The van der Waals surface area contributed by atoms with E-state index in [9.17, 15) is 9.18 Å². The van der Waals surface area contributed by atoms with Crippen LogP contribution in [0.2, 0.25) is 10.0 Å². The lowest BCUT2D eigenvalue weighted by atomic mass is 10.1. The Morgan fingerprint density at radius 3 is 2.47 bits per heavy atom. The zero-order valence-electron chi connectivity index (χ0n) is 9.51. The Kier molecular flexibility index (Phi) is 4.74. The van der Waals surface area contributed by atoms with Crippen molar-refractivity contribution in [3.05, 3.63) is 33.6 Å². The number of quaternary nitrogens is 1. The second-order valence-electron chi connectivity index (χ2n) is 3.96. The molecule has 94 valence electrons. The predicted molar refractivity (Wildman–Crippen MR) is 65.4 cm³/mol. The number of rotatable bonds is 4. The van der Waals surface area contributed by atoms with Gasteiger partial charge < -0.3 is 11.1 Å². The van der Waals surface area contributed by atoms with Crippen molar-refractivity contribution in [1.29, 1.82) is 0 Å². The molecule has 0 bridgehead atoms. The third kappa shape index (κ3) is 3.56. The molecule has 0 aliphatic heterocycles. The number of nitrogens with two attached hydrogens (primary N) is 2. The summed E-state index contributed by atoms with van der Waals surface area (Å²) in [5.41, 5.74) is 5.74. The third-order valence-electron chi connectivity index (χ3n) is 2.56. The molecular formula is C11H14Cl2FN2O+. The maximum Gasteiger partial charge on any atom is 0.275 e. The Bertz CT molecular complexity index is 440. The molecule has 0 fully saturated rings. The molecule has 0 aliphatic carbocycles. The van der Waals surface area contributed by atoms with E-state index in [-0.39, 0.29) is 11.1 Å². The first kappa shape index (κ1) is 14.2. The molecule has 1 amide bonds. The minimum Gasteiger partial charge on any atom is -0.365 e. The number of primary amides is 1. The zero-order valence-corrected chi connectivity index (χ0v) is 11.0. The van der Waals surface area contributed by atoms with Gasteiger partial charge in [-0.3, -0.25) is 4.79 Å². The van der Waals surface area contributed by atoms with Crippen LogP contribution in [-0.2, 0) is 4.79 Å². The maximum atomic E-state index is 13.3. The van der Waals surface area contributed by atoms with Gasteiger partial charge in [0.1, 0.15) is 11.9 Å². The van der Waals surface area contributed by atoms with Gasteiger partial charge in [-0.25, -0.2) is 4.39 Å². The molecule has 1 aromatic rings. The number of halogens is 3. The highest BCUT2D eigenvalue weighted by Gasteiger charge is 2.20. The first-order valence-electron chi connectivity index (χ1n) is 5.11. The molecular weight excluding hydrogens is 266 g/mol. The molecule has 0 heterocycles. The Hall–Kier alpha value is -0.840. The molecule has 0 radical (unpaired) electrons. The van der Waals surface area contributed by atoms with E-state index in [1.807, 2.05) is 6.92 Å². The van der Waals surface area contributed by atoms with E-state index >= 15 is 0 Å². The smallest absolute Gasteiger partial charge is 0.275 e. The molecule has 0 aromatic heterocycles. The lowest BCUT2D eigenvalue weighted by Crippen LogP contribution is -2.92. The van der Waals surface area contributed by atoms with Gasteiger partial charge in [-0.15, -0.1) is 0 Å². The first-order valence-corrected chi connectivity index (χ1v) is 5.87. The Morgan fingerprint density at radius 1 is 1.35 bits per heavy atom. The van der Waals surface area contributed by atoms with Gasteiger partial charge in [-0.1, -0.05) is 23.2 Å². The van der Waals surface area contributed by atoms with E-state index in [0.717, 1.165) is 0 Å². The van der Waals surface area contributed by atoms with Gasteiger partial charge in [0, 0.05) is 5.56 Å². The van der Waals surface area contributed by atoms with E-state index in [1.165, 1.54) is 12.1 Å². The number of carbonyl (C=O) groups is 1. The molecule has 0 unspecified atom stereocenters. The van der Waals surface area contributed by atoms with Gasteiger partial charge in [0.2, 0.25) is 0 Å². The molecule has 4 N–H and O–H groups in total. The number of benzene rings is 1. The Balaban J connectivity index is 2.92. The number of carbonyl (C=O) groups excluding carboxylic acids is 1. The summed E-state index contributed by atoms with van der Waals surface area (Å²) < 4.78 is 13.3. The van der Waals surface area contributed by atoms with Gasteiger partial charge in [0.25, 0.3) is 5.91 Å². The summed E-state index contributed by atoms with van der Waals surface area (Å²) in [5.74, 6) is -0.958. The molecule has 17 heavy (non-hydrogen) atoms. The van der Waals surface area contributed by atoms with E-state index in [1.54, 1.807) is 12.2 Å². The molecule has 6 heteroatoms. The SMILES string of the molecule is C[C@H]([NH2+][C@H](C)C(N)=O)c1cc(F)c(Cl)cc1Cl. The van der Waals surface area contributed by atoms with Crippen molar-refractivity contribution in [2.24, 2.45) is 5.73 Å². The molecule has 1 rings (SSSR count). The highest BCUT2D eigenvalue weighted by atomic mass is 35.5. The monoisotopic (exact) mass is 279 g/mol. The summed E-state index contributed by atoms with van der Waals surface area (Å²) >= 11 is 11.6. The number of hydrogen-bond acceptors (Lipinski definition) is 1. The summed E-state index contributed by atoms with van der Waals surface area (Å²) in [6.07, 6.45) is 0. The van der Waals surface area contributed by atoms with Gasteiger partial charge in [0.05, 0.1) is 10.0 Å². The van der Waals surface area contributed by atoms with E-state index in [4.69, 9.17) is 28.9 Å².